The highest BCUT2D eigenvalue weighted by molar-refractivity contribution is 9.10. The summed E-state index contributed by atoms with van der Waals surface area (Å²) in [5.41, 5.74) is 7.03. The molecule has 0 heterocycles. The van der Waals surface area contributed by atoms with Gasteiger partial charge in [-0.1, -0.05) is 40.2 Å². The number of methoxy groups -OCH3 is 1. The van der Waals surface area contributed by atoms with E-state index in [4.69, 9.17) is 10.5 Å². The standard InChI is InChI=1S/C18H21BrN2O2.ClH/c1-18(20,14-6-8-15(19)9-7-14)17(22)21-11-10-13-4-3-5-16(12-13)23-2;/h3-9,12H,10-11,20H2,1-2H3,(H,21,22);1H. The van der Waals surface area contributed by atoms with Crippen LogP contribution in [0, 0.1) is 0 Å². The quantitative estimate of drug-likeness (QED) is 0.763. The van der Waals surface area contributed by atoms with Gasteiger partial charge in [-0.25, -0.2) is 0 Å². The van der Waals surface area contributed by atoms with Crippen LogP contribution in [-0.2, 0) is 16.8 Å². The molecule has 0 radical (unpaired) electrons. The summed E-state index contributed by atoms with van der Waals surface area (Å²) in [5, 5.41) is 2.91. The van der Waals surface area contributed by atoms with Crippen molar-refractivity contribution >= 4 is 34.2 Å². The van der Waals surface area contributed by atoms with Crippen LogP contribution in [0.3, 0.4) is 0 Å². The van der Waals surface area contributed by atoms with E-state index >= 15 is 0 Å². The summed E-state index contributed by atoms with van der Waals surface area (Å²) in [6, 6.07) is 15.3. The Morgan fingerprint density at radius 2 is 1.92 bits per heavy atom. The number of amides is 1. The molecule has 6 heteroatoms. The lowest BCUT2D eigenvalue weighted by Gasteiger charge is -2.24. The number of carbonyl (C=O) groups excluding carboxylic acids is 1. The smallest absolute Gasteiger partial charge is 0.244 e. The predicted molar refractivity (Wildman–Crippen MR) is 103 cm³/mol. The molecule has 0 aliphatic heterocycles. The normalized spacial score (nSPS) is 12.7. The summed E-state index contributed by atoms with van der Waals surface area (Å²) in [7, 11) is 1.64. The fourth-order valence-electron chi connectivity index (χ4n) is 2.26. The zero-order chi connectivity index (χ0) is 16.9. The van der Waals surface area contributed by atoms with Crippen molar-refractivity contribution < 1.29 is 9.53 Å². The average Bonchev–Trinajstić information content (AvgIpc) is 2.55. The van der Waals surface area contributed by atoms with Gasteiger partial charge in [-0.05, 0) is 48.7 Å². The maximum Gasteiger partial charge on any atom is 0.244 e. The van der Waals surface area contributed by atoms with Crippen molar-refractivity contribution in [2.75, 3.05) is 13.7 Å². The highest BCUT2D eigenvalue weighted by Crippen LogP contribution is 2.20. The van der Waals surface area contributed by atoms with E-state index in [1.807, 2.05) is 48.5 Å². The maximum atomic E-state index is 12.4. The number of nitrogens with two attached hydrogens (primary N) is 1. The third kappa shape index (κ3) is 5.23. The van der Waals surface area contributed by atoms with Crippen molar-refractivity contribution in [3.8, 4) is 5.75 Å². The molecule has 130 valence electrons. The van der Waals surface area contributed by atoms with E-state index in [-0.39, 0.29) is 18.3 Å². The van der Waals surface area contributed by atoms with Gasteiger partial charge >= 0.3 is 0 Å². The van der Waals surface area contributed by atoms with Gasteiger partial charge in [0.05, 0.1) is 7.11 Å². The number of ether oxygens (including phenoxy) is 1. The van der Waals surface area contributed by atoms with E-state index in [0.717, 1.165) is 27.8 Å². The summed E-state index contributed by atoms with van der Waals surface area (Å²) >= 11 is 3.38. The van der Waals surface area contributed by atoms with E-state index in [2.05, 4.69) is 21.2 Å². The predicted octanol–water partition coefficient (Wildman–Crippen LogP) is 3.41. The SMILES string of the molecule is COc1cccc(CCNC(=O)C(C)(N)c2ccc(Br)cc2)c1.Cl. The monoisotopic (exact) mass is 412 g/mol. The molecule has 2 rings (SSSR count). The van der Waals surface area contributed by atoms with Gasteiger partial charge in [0.1, 0.15) is 11.3 Å². The van der Waals surface area contributed by atoms with E-state index < -0.39 is 5.54 Å². The van der Waals surface area contributed by atoms with Gasteiger partial charge in [0, 0.05) is 11.0 Å². The summed E-state index contributed by atoms with van der Waals surface area (Å²) < 4.78 is 6.15. The van der Waals surface area contributed by atoms with Gasteiger partial charge in [-0.2, -0.15) is 0 Å². The van der Waals surface area contributed by atoms with Crippen molar-refractivity contribution in [1.29, 1.82) is 0 Å². The minimum absolute atomic E-state index is 0. The fraction of sp³-hybridized carbons (Fsp3) is 0.278. The van der Waals surface area contributed by atoms with Gasteiger partial charge < -0.3 is 15.8 Å². The summed E-state index contributed by atoms with van der Waals surface area (Å²) in [4.78, 5) is 12.4. The highest BCUT2D eigenvalue weighted by Gasteiger charge is 2.29. The van der Waals surface area contributed by atoms with Crippen LogP contribution in [0.5, 0.6) is 5.75 Å². The third-order valence-electron chi connectivity index (χ3n) is 3.75. The zero-order valence-electron chi connectivity index (χ0n) is 13.7. The Morgan fingerprint density at radius 3 is 2.54 bits per heavy atom. The Hall–Kier alpha value is -1.56. The van der Waals surface area contributed by atoms with Crippen LogP contribution >= 0.6 is 28.3 Å². The van der Waals surface area contributed by atoms with Crippen LogP contribution in [0.25, 0.3) is 0 Å². The van der Waals surface area contributed by atoms with Gasteiger partial charge in [0.15, 0.2) is 0 Å². The highest BCUT2D eigenvalue weighted by atomic mass is 79.9. The maximum absolute atomic E-state index is 12.4. The number of carbonyl (C=O) groups is 1. The number of rotatable bonds is 6. The first kappa shape index (κ1) is 20.5. The van der Waals surface area contributed by atoms with Gasteiger partial charge in [0.2, 0.25) is 5.91 Å². The van der Waals surface area contributed by atoms with Crippen LogP contribution in [0.4, 0.5) is 0 Å². The molecule has 0 aliphatic carbocycles. The van der Waals surface area contributed by atoms with E-state index in [0.29, 0.717) is 6.54 Å². The molecular weight excluding hydrogens is 392 g/mol. The Bertz CT molecular complexity index is 675. The lowest BCUT2D eigenvalue weighted by atomic mass is 9.92. The largest absolute Gasteiger partial charge is 0.497 e. The second-order valence-corrected chi connectivity index (χ2v) is 6.48. The molecule has 0 spiro atoms. The number of hydrogen-bond acceptors (Lipinski definition) is 3. The molecule has 1 amide bonds. The Kier molecular flexibility index (Phi) is 7.73. The lowest BCUT2D eigenvalue weighted by molar-refractivity contribution is -0.126. The Balaban J connectivity index is 0.00000288. The molecule has 0 aromatic heterocycles. The molecular formula is C18H22BrClN2O2. The van der Waals surface area contributed by atoms with E-state index in [1.54, 1.807) is 14.0 Å². The topological polar surface area (TPSA) is 64.3 Å². The number of hydrogen-bond donors (Lipinski definition) is 2. The van der Waals surface area contributed by atoms with E-state index in [1.165, 1.54) is 0 Å². The molecule has 0 bridgehead atoms. The van der Waals surface area contributed by atoms with Crippen molar-refractivity contribution in [2.24, 2.45) is 5.73 Å². The molecule has 0 fully saturated rings. The number of benzene rings is 2. The van der Waals surface area contributed by atoms with Crippen LogP contribution < -0.4 is 15.8 Å². The summed E-state index contributed by atoms with van der Waals surface area (Å²) in [6.45, 7) is 2.24. The van der Waals surface area contributed by atoms with Gasteiger partial charge in [0.25, 0.3) is 0 Å². The second kappa shape index (κ2) is 9.06. The van der Waals surface area contributed by atoms with Crippen LogP contribution in [-0.4, -0.2) is 19.6 Å². The van der Waals surface area contributed by atoms with Crippen LogP contribution in [0.1, 0.15) is 18.1 Å². The number of nitrogens with one attached hydrogen (secondary N) is 1. The minimum atomic E-state index is -1.06. The molecule has 3 N–H and O–H groups in total. The van der Waals surface area contributed by atoms with Gasteiger partial charge in [-0.3, -0.25) is 4.79 Å². The van der Waals surface area contributed by atoms with Crippen LogP contribution in [0.2, 0.25) is 0 Å². The first-order valence-electron chi connectivity index (χ1n) is 7.39. The van der Waals surface area contributed by atoms with Crippen molar-refractivity contribution in [3.63, 3.8) is 0 Å². The lowest BCUT2D eigenvalue weighted by Crippen LogP contribution is -2.49. The molecule has 1 atom stereocenters. The first-order valence-corrected chi connectivity index (χ1v) is 8.19. The molecule has 0 saturated carbocycles. The molecule has 2 aromatic rings. The van der Waals surface area contributed by atoms with E-state index in [9.17, 15) is 4.79 Å². The third-order valence-corrected chi connectivity index (χ3v) is 4.28. The molecule has 0 saturated heterocycles. The molecule has 0 aliphatic rings. The van der Waals surface area contributed by atoms with Crippen molar-refractivity contribution in [3.05, 3.63) is 64.1 Å². The average molecular weight is 414 g/mol. The Morgan fingerprint density at radius 1 is 1.25 bits per heavy atom. The fourth-order valence-corrected chi connectivity index (χ4v) is 2.52. The van der Waals surface area contributed by atoms with Crippen LogP contribution in [0.15, 0.2) is 53.0 Å². The van der Waals surface area contributed by atoms with Crippen molar-refractivity contribution in [2.45, 2.75) is 18.9 Å². The second-order valence-electron chi connectivity index (χ2n) is 5.57. The zero-order valence-corrected chi connectivity index (χ0v) is 16.1. The van der Waals surface area contributed by atoms with Gasteiger partial charge in [-0.15, -0.1) is 12.4 Å². The summed E-state index contributed by atoms with van der Waals surface area (Å²) in [5.74, 6) is 0.620. The molecule has 4 nitrogen and oxygen atoms in total. The van der Waals surface area contributed by atoms with Crippen molar-refractivity contribution in [1.82, 2.24) is 5.32 Å². The molecule has 1 unspecified atom stereocenters. The minimum Gasteiger partial charge on any atom is -0.497 e. The Labute approximate surface area is 157 Å². The number of halogens is 2. The molecule has 2 aromatic carbocycles. The summed E-state index contributed by atoms with van der Waals surface area (Å²) in [6.07, 6.45) is 0.722. The molecule has 24 heavy (non-hydrogen) atoms. The first-order chi connectivity index (χ1) is 10.9.